The molecule has 3 heteroatoms. The Labute approximate surface area is 126 Å². The summed E-state index contributed by atoms with van der Waals surface area (Å²) in [6.45, 7) is 2.42. The van der Waals surface area contributed by atoms with Gasteiger partial charge in [-0.15, -0.1) is 0 Å². The van der Waals surface area contributed by atoms with Crippen LogP contribution in [-0.2, 0) is 4.79 Å². The number of amides is 1. The average Bonchev–Trinajstić information content (AvgIpc) is 2.54. The number of hydrogen-bond acceptors (Lipinski definition) is 2. The van der Waals surface area contributed by atoms with Crippen molar-refractivity contribution in [1.82, 2.24) is 5.32 Å². The second-order valence-electron chi connectivity index (χ2n) is 5.04. The predicted octanol–water partition coefficient (Wildman–Crippen LogP) is 3.76. The molecule has 0 saturated heterocycles. The lowest BCUT2D eigenvalue weighted by atomic mass is 10.0. The van der Waals surface area contributed by atoms with Crippen molar-refractivity contribution in [3.63, 3.8) is 0 Å². The van der Waals surface area contributed by atoms with Gasteiger partial charge in [0.2, 0.25) is 5.91 Å². The van der Waals surface area contributed by atoms with Crippen molar-refractivity contribution in [2.75, 3.05) is 11.9 Å². The molecule has 110 valence electrons. The van der Waals surface area contributed by atoms with Crippen molar-refractivity contribution in [2.24, 2.45) is 0 Å². The third-order valence-corrected chi connectivity index (χ3v) is 3.34. The summed E-state index contributed by atoms with van der Waals surface area (Å²) >= 11 is 0. The highest BCUT2D eigenvalue weighted by molar-refractivity contribution is 5.81. The molecule has 21 heavy (non-hydrogen) atoms. The second kappa shape index (κ2) is 8.10. The van der Waals surface area contributed by atoms with Crippen molar-refractivity contribution in [3.05, 3.63) is 66.2 Å². The summed E-state index contributed by atoms with van der Waals surface area (Å²) in [6.07, 6.45) is 1.98. The van der Waals surface area contributed by atoms with Crippen LogP contribution in [0.4, 0.5) is 5.69 Å². The van der Waals surface area contributed by atoms with E-state index in [-0.39, 0.29) is 18.5 Å². The predicted molar refractivity (Wildman–Crippen MR) is 87.2 cm³/mol. The van der Waals surface area contributed by atoms with E-state index < -0.39 is 0 Å². The van der Waals surface area contributed by atoms with Gasteiger partial charge in [0.15, 0.2) is 0 Å². The van der Waals surface area contributed by atoms with Crippen LogP contribution in [0.25, 0.3) is 0 Å². The zero-order chi connectivity index (χ0) is 14.9. The van der Waals surface area contributed by atoms with E-state index in [4.69, 9.17) is 0 Å². The number of carbonyl (C=O) groups is 1. The molecule has 0 aromatic heterocycles. The van der Waals surface area contributed by atoms with E-state index in [0.29, 0.717) is 0 Å². The van der Waals surface area contributed by atoms with Gasteiger partial charge in [-0.05, 0) is 24.1 Å². The smallest absolute Gasteiger partial charge is 0.239 e. The van der Waals surface area contributed by atoms with Gasteiger partial charge in [0, 0.05) is 5.69 Å². The molecule has 0 spiro atoms. The number of nitrogens with one attached hydrogen (secondary N) is 2. The van der Waals surface area contributed by atoms with Crippen LogP contribution < -0.4 is 10.6 Å². The van der Waals surface area contributed by atoms with E-state index in [0.717, 1.165) is 24.1 Å². The molecule has 0 bridgehead atoms. The standard InChI is InChI=1S/C18H22N2O/c1-2-9-17(15-10-5-3-6-11-15)20-18(21)14-19-16-12-7-4-8-13-16/h3-8,10-13,17,19H,2,9,14H2,1H3,(H,20,21). The van der Waals surface area contributed by atoms with Gasteiger partial charge in [-0.25, -0.2) is 0 Å². The molecule has 1 unspecified atom stereocenters. The highest BCUT2D eigenvalue weighted by Crippen LogP contribution is 2.17. The molecule has 3 nitrogen and oxygen atoms in total. The fourth-order valence-corrected chi connectivity index (χ4v) is 2.28. The Morgan fingerprint density at radius 2 is 1.62 bits per heavy atom. The highest BCUT2D eigenvalue weighted by Gasteiger charge is 2.13. The van der Waals surface area contributed by atoms with Gasteiger partial charge in [-0.3, -0.25) is 4.79 Å². The van der Waals surface area contributed by atoms with E-state index in [1.54, 1.807) is 0 Å². The monoisotopic (exact) mass is 282 g/mol. The maximum absolute atomic E-state index is 12.1. The lowest BCUT2D eigenvalue weighted by Gasteiger charge is -2.19. The number of anilines is 1. The van der Waals surface area contributed by atoms with Gasteiger partial charge in [-0.2, -0.15) is 0 Å². The fraction of sp³-hybridized carbons (Fsp3) is 0.278. The van der Waals surface area contributed by atoms with Crippen molar-refractivity contribution >= 4 is 11.6 Å². The molecule has 0 aliphatic rings. The number of hydrogen-bond donors (Lipinski definition) is 2. The summed E-state index contributed by atoms with van der Waals surface area (Å²) in [4.78, 5) is 12.1. The van der Waals surface area contributed by atoms with E-state index in [1.807, 2.05) is 48.5 Å². The van der Waals surface area contributed by atoms with Gasteiger partial charge in [0.1, 0.15) is 0 Å². The average molecular weight is 282 g/mol. The molecule has 2 aromatic carbocycles. The van der Waals surface area contributed by atoms with Crippen LogP contribution in [0.2, 0.25) is 0 Å². The van der Waals surface area contributed by atoms with E-state index in [2.05, 4.69) is 29.7 Å². The van der Waals surface area contributed by atoms with Crippen LogP contribution in [0.1, 0.15) is 31.4 Å². The zero-order valence-corrected chi connectivity index (χ0v) is 12.4. The minimum atomic E-state index is 0.0150. The van der Waals surface area contributed by atoms with Gasteiger partial charge in [0.05, 0.1) is 12.6 Å². The molecule has 2 aromatic rings. The quantitative estimate of drug-likeness (QED) is 0.812. The first-order chi connectivity index (χ1) is 10.3. The molecule has 0 radical (unpaired) electrons. The first kappa shape index (κ1) is 15.1. The number of rotatable bonds is 7. The number of benzene rings is 2. The molecular formula is C18H22N2O. The van der Waals surface area contributed by atoms with Crippen LogP contribution in [0.5, 0.6) is 0 Å². The number of carbonyl (C=O) groups excluding carboxylic acids is 1. The molecule has 0 saturated carbocycles. The van der Waals surface area contributed by atoms with Crippen LogP contribution >= 0.6 is 0 Å². The summed E-state index contributed by atoms with van der Waals surface area (Å²) in [5.41, 5.74) is 2.12. The molecule has 0 heterocycles. The van der Waals surface area contributed by atoms with Gasteiger partial charge < -0.3 is 10.6 Å². The van der Waals surface area contributed by atoms with Gasteiger partial charge in [-0.1, -0.05) is 61.9 Å². The van der Waals surface area contributed by atoms with Crippen molar-refractivity contribution < 1.29 is 4.79 Å². The topological polar surface area (TPSA) is 41.1 Å². The third-order valence-electron chi connectivity index (χ3n) is 3.34. The lowest BCUT2D eigenvalue weighted by Crippen LogP contribution is -2.33. The first-order valence-electron chi connectivity index (χ1n) is 7.43. The molecule has 1 atom stereocenters. The summed E-state index contributed by atoms with van der Waals surface area (Å²) in [5, 5.41) is 6.23. The molecule has 1 amide bonds. The highest BCUT2D eigenvalue weighted by atomic mass is 16.1. The summed E-state index contributed by atoms with van der Waals surface area (Å²) < 4.78 is 0. The Bertz CT molecular complexity index is 540. The van der Waals surface area contributed by atoms with Crippen LogP contribution in [0.3, 0.4) is 0 Å². The van der Waals surface area contributed by atoms with Crippen LogP contribution in [-0.4, -0.2) is 12.5 Å². The second-order valence-corrected chi connectivity index (χ2v) is 5.04. The fourth-order valence-electron chi connectivity index (χ4n) is 2.28. The lowest BCUT2D eigenvalue weighted by molar-refractivity contribution is -0.120. The summed E-state index contributed by atoms with van der Waals surface area (Å²) in [5.74, 6) is 0.0150. The Hall–Kier alpha value is -2.29. The van der Waals surface area contributed by atoms with Gasteiger partial charge >= 0.3 is 0 Å². The van der Waals surface area contributed by atoms with Crippen molar-refractivity contribution in [3.8, 4) is 0 Å². The molecule has 2 rings (SSSR count). The zero-order valence-electron chi connectivity index (χ0n) is 12.4. The Kier molecular flexibility index (Phi) is 5.83. The molecule has 2 N–H and O–H groups in total. The molecule has 0 fully saturated rings. The Balaban J connectivity index is 1.89. The third kappa shape index (κ3) is 4.95. The Morgan fingerprint density at radius 3 is 2.24 bits per heavy atom. The van der Waals surface area contributed by atoms with E-state index in [1.165, 1.54) is 0 Å². The van der Waals surface area contributed by atoms with Crippen molar-refractivity contribution in [1.29, 1.82) is 0 Å². The van der Waals surface area contributed by atoms with Crippen LogP contribution in [0.15, 0.2) is 60.7 Å². The first-order valence-corrected chi connectivity index (χ1v) is 7.43. The maximum atomic E-state index is 12.1. The van der Waals surface area contributed by atoms with Gasteiger partial charge in [0.25, 0.3) is 0 Å². The van der Waals surface area contributed by atoms with Crippen LogP contribution in [0, 0.1) is 0 Å². The normalized spacial score (nSPS) is 11.7. The SMILES string of the molecule is CCCC(NC(=O)CNc1ccccc1)c1ccccc1. The summed E-state index contributed by atoms with van der Waals surface area (Å²) in [6, 6.07) is 20.0. The summed E-state index contributed by atoms with van der Waals surface area (Å²) in [7, 11) is 0. The number of para-hydroxylation sites is 1. The maximum Gasteiger partial charge on any atom is 0.239 e. The molecule has 0 aliphatic carbocycles. The Morgan fingerprint density at radius 1 is 1.00 bits per heavy atom. The van der Waals surface area contributed by atoms with E-state index >= 15 is 0 Å². The molecular weight excluding hydrogens is 260 g/mol. The van der Waals surface area contributed by atoms with E-state index in [9.17, 15) is 4.79 Å². The molecule has 0 aliphatic heterocycles. The minimum Gasteiger partial charge on any atom is -0.376 e. The van der Waals surface area contributed by atoms with Crippen molar-refractivity contribution in [2.45, 2.75) is 25.8 Å². The largest absolute Gasteiger partial charge is 0.376 e. The minimum absolute atomic E-state index is 0.0150.